The monoisotopic (exact) mass is 307 g/mol. The fourth-order valence-electron chi connectivity index (χ4n) is 2.33. The Hall–Kier alpha value is -2.63. The van der Waals surface area contributed by atoms with Crippen molar-refractivity contribution in [3.05, 3.63) is 59.8 Å². The molecule has 0 aliphatic rings. The number of ether oxygens (including phenoxy) is 1. The number of aromatic nitrogens is 1. The minimum Gasteiger partial charge on any atom is -0.507 e. The minimum absolute atomic E-state index is 0.0569. The molecule has 0 saturated heterocycles. The maximum absolute atomic E-state index is 12.9. The molecule has 1 aromatic heterocycles. The summed E-state index contributed by atoms with van der Waals surface area (Å²) in [6.45, 7) is -0.0787. The molecule has 0 fully saturated rings. The first-order valence-corrected chi connectivity index (χ1v) is 6.54. The van der Waals surface area contributed by atoms with Crippen molar-refractivity contribution in [3.8, 4) is 11.5 Å². The third kappa shape index (κ3) is 2.59. The van der Waals surface area contributed by atoms with Crippen molar-refractivity contribution in [3.63, 3.8) is 0 Å². The van der Waals surface area contributed by atoms with Gasteiger partial charge >= 0.3 is 6.18 Å². The maximum Gasteiger partial charge on any atom is 0.419 e. The van der Waals surface area contributed by atoms with Crippen molar-refractivity contribution < 1.29 is 23.0 Å². The zero-order valence-corrected chi connectivity index (χ0v) is 11.3. The summed E-state index contributed by atoms with van der Waals surface area (Å²) in [4.78, 5) is 2.95. The highest BCUT2D eigenvalue weighted by atomic mass is 19.4. The number of para-hydroxylation sites is 1. The number of H-pyrrole nitrogens is 1. The number of aromatic amines is 1. The van der Waals surface area contributed by atoms with Gasteiger partial charge in [-0.15, -0.1) is 0 Å². The Morgan fingerprint density at radius 3 is 2.59 bits per heavy atom. The van der Waals surface area contributed by atoms with Gasteiger partial charge in [-0.3, -0.25) is 0 Å². The van der Waals surface area contributed by atoms with E-state index in [1.807, 2.05) is 0 Å². The van der Waals surface area contributed by atoms with Crippen LogP contribution in [0.1, 0.15) is 11.1 Å². The van der Waals surface area contributed by atoms with Gasteiger partial charge in [-0.25, -0.2) is 0 Å². The van der Waals surface area contributed by atoms with Crippen molar-refractivity contribution >= 4 is 10.9 Å². The average Bonchev–Trinajstić information content (AvgIpc) is 2.89. The first kappa shape index (κ1) is 14.3. The quantitative estimate of drug-likeness (QED) is 0.750. The van der Waals surface area contributed by atoms with E-state index in [0.717, 1.165) is 6.07 Å². The van der Waals surface area contributed by atoms with Crippen LogP contribution in [0.15, 0.2) is 48.7 Å². The molecule has 1 heterocycles. The zero-order valence-electron chi connectivity index (χ0n) is 11.3. The molecule has 114 valence electrons. The molecule has 3 aromatic rings. The number of phenolic OH excluding ortho intramolecular Hbond substituents is 1. The van der Waals surface area contributed by atoms with Crippen LogP contribution in [0.2, 0.25) is 0 Å². The molecule has 0 aliphatic heterocycles. The van der Waals surface area contributed by atoms with Gasteiger partial charge in [0, 0.05) is 22.7 Å². The van der Waals surface area contributed by atoms with Crippen LogP contribution < -0.4 is 4.74 Å². The van der Waals surface area contributed by atoms with Gasteiger partial charge in [0.1, 0.15) is 18.1 Å². The van der Waals surface area contributed by atoms with E-state index in [1.165, 1.54) is 24.3 Å². The Bertz CT molecular complexity index is 809. The molecule has 0 aliphatic carbocycles. The third-order valence-corrected chi connectivity index (χ3v) is 3.34. The SMILES string of the molecule is Oc1cccc2[nH]cc(COc3ccccc3C(F)(F)F)c12. The van der Waals surface area contributed by atoms with E-state index in [4.69, 9.17) is 4.74 Å². The molecule has 0 amide bonds. The molecule has 3 nitrogen and oxygen atoms in total. The van der Waals surface area contributed by atoms with Crippen LogP contribution >= 0.6 is 0 Å². The molecular weight excluding hydrogens is 295 g/mol. The minimum atomic E-state index is -4.47. The standard InChI is InChI=1S/C16H12F3NO2/c17-16(18,19)11-4-1-2-7-14(11)22-9-10-8-20-12-5-3-6-13(21)15(10)12/h1-8,20-21H,9H2. The van der Waals surface area contributed by atoms with E-state index >= 15 is 0 Å². The van der Waals surface area contributed by atoms with Crippen molar-refractivity contribution in [2.45, 2.75) is 12.8 Å². The van der Waals surface area contributed by atoms with Gasteiger partial charge in [0.05, 0.1) is 5.56 Å². The summed E-state index contributed by atoms with van der Waals surface area (Å²) >= 11 is 0. The smallest absolute Gasteiger partial charge is 0.419 e. The van der Waals surface area contributed by atoms with E-state index in [0.29, 0.717) is 16.5 Å². The fourth-order valence-corrected chi connectivity index (χ4v) is 2.33. The lowest BCUT2D eigenvalue weighted by Gasteiger charge is -2.13. The van der Waals surface area contributed by atoms with Gasteiger partial charge in [0.2, 0.25) is 0 Å². The molecule has 6 heteroatoms. The van der Waals surface area contributed by atoms with E-state index in [-0.39, 0.29) is 18.1 Å². The summed E-state index contributed by atoms with van der Waals surface area (Å²) in [5, 5.41) is 10.4. The molecule has 0 atom stereocenters. The highest BCUT2D eigenvalue weighted by Crippen LogP contribution is 2.36. The van der Waals surface area contributed by atoms with Crippen molar-refractivity contribution in [2.24, 2.45) is 0 Å². The van der Waals surface area contributed by atoms with E-state index in [9.17, 15) is 18.3 Å². The number of aromatic hydroxyl groups is 1. The Labute approximate surface area is 124 Å². The van der Waals surface area contributed by atoms with Crippen molar-refractivity contribution in [1.82, 2.24) is 4.98 Å². The predicted octanol–water partition coefficient (Wildman–Crippen LogP) is 4.47. The molecule has 0 radical (unpaired) electrons. The predicted molar refractivity (Wildman–Crippen MR) is 75.7 cm³/mol. The van der Waals surface area contributed by atoms with Gasteiger partial charge in [0.15, 0.2) is 0 Å². The van der Waals surface area contributed by atoms with Crippen LogP contribution in [-0.2, 0) is 12.8 Å². The Morgan fingerprint density at radius 1 is 1.05 bits per heavy atom. The molecule has 22 heavy (non-hydrogen) atoms. The van der Waals surface area contributed by atoms with Gasteiger partial charge < -0.3 is 14.8 Å². The number of phenols is 1. The van der Waals surface area contributed by atoms with E-state index in [2.05, 4.69) is 4.98 Å². The van der Waals surface area contributed by atoms with Gasteiger partial charge in [-0.1, -0.05) is 18.2 Å². The van der Waals surface area contributed by atoms with Gasteiger partial charge in [0.25, 0.3) is 0 Å². The van der Waals surface area contributed by atoms with Gasteiger partial charge in [-0.05, 0) is 24.3 Å². The summed E-state index contributed by atoms with van der Waals surface area (Å²) in [6.07, 6.45) is -2.86. The first-order chi connectivity index (χ1) is 10.5. The Balaban J connectivity index is 1.90. The van der Waals surface area contributed by atoms with Crippen LogP contribution in [-0.4, -0.2) is 10.1 Å². The van der Waals surface area contributed by atoms with Crippen LogP contribution in [0, 0.1) is 0 Å². The number of fused-ring (bicyclic) bond motifs is 1. The number of benzene rings is 2. The van der Waals surface area contributed by atoms with Crippen LogP contribution in [0.4, 0.5) is 13.2 Å². The topological polar surface area (TPSA) is 45.2 Å². The highest BCUT2D eigenvalue weighted by molar-refractivity contribution is 5.88. The lowest BCUT2D eigenvalue weighted by molar-refractivity contribution is -0.139. The summed E-state index contributed by atoms with van der Waals surface area (Å²) in [7, 11) is 0. The second-order valence-corrected chi connectivity index (χ2v) is 4.80. The number of nitrogens with one attached hydrogen (secondary N) is 1. The van der Waals surface area contributed by atoms with Crippen LogP contribution in [0.3, 0.4) is 0 Å². The maximum atomic E-state index is 12.9. The Kier molecular flexibility index (Phi) is 3.44. The summed E-state index contributed by atoms with van der Waals surface area (Å²) in [5.41, 5.74) is 0.465. The van der Waals surface area contributed by atoms with Crippen LogP contribution in [0.5, 0.6) is 11.5 Å². The number of hydrogen-bond donors (Lipinski definition) is 2. The highest BCUT2D eigenvalue weighted by Gasteiger charge is 2.34. The second-order valence-electron chi connectivity index (χ2n) is 4.80. The Morgan fingerprint density at radius 2 is 1.82 bits per heavy atom. The van der Waals surface area contributed by atoms with E-state index in [1.54, 1.807) is 18.3 Å². The summed E-state index contributed by atoms with van der Waals surface area (Å²) in [5.74, 6) is -0.179. The number of halogens is 3. The van der Waals surface area contributed by atoms with Crippen molar-refractivity contribution in [2.75, 3.05) is 0 Å². The molecule has 0 unspecified atom stereocenters. The molecule has 3 rings (SSSR count). The normalized spacial score (nSPS) is 11.8. The fraction of sp³-hybridized carbons (Fsp3) is 0.125. The first-order valence-electron chi connectivity index (χ1n) is 6.54. The van der Waals surface area contributed by atoms with Crippen molar-refractivity contribution in [1.29, 1.82) is 0 Å². The third-order valence-electron chi connectivity index (χ3n) is 3.34. The number of rotatable bonds is 3. The molecule has 0 spiro atoms. The molecule has 0 saturated carbocycles. The average molecular weight is 307 g/mol. The lowest BCUT2D eigenvalue weighted by atomic mass is 10.1. The molecule has 2 aromatic carbocycles. The zero-order chi connectivity index (χ0) is 15.7. The van der Waals surface area contributed by atoms with Gasteiger partial charge in [-0.2, -0.15) is 13.2 Å². The second kappa shape index (κ2) is 5.29. The number of alkyl halides is 3. The summed E-state index contributed by atoms with van der Waals surface area (Å²) in [6, 6.07) is 10.0. The number of hydrogen-bond acceptors (Lipinski definition) is 2. The molecule has 2 N–H and O–H groups in total. The largest absolute Gasteiger partial charge is 0.507 e. The van der Waals surface area contributed by atoms with Crippen LogP contribution in [0.25, 0.3) is 10.9 Å². The summed E-state index contributed by atoms with van der Waals surface area (Å²) < 4.78 is 44.0. The molecule has 0 bridgehead atoms. The molecular formula is C16H12F3NO2. The van der Waals surface area contributed by atoms with E-state index < -0.39 is 11.7 Å². The lowest BCUT2D eigenvalue weighted by Crippen LogP contribution is -2.08.